The number of ether oxygens (including phenoxy) is 1. The summed E-state index contributed by atoms with van der Waals surface area (Å²) < 4.78 is 23.8. The van der Waals surface area contributed by atoms with E-state index in [1.54, 1.807) is 27.8 Å². The summed E-state index contributed by atoms with van der Waals surface area (Å²) in [5, 5.41) is 0. The maximum atomic E-state index is 5.92. The predicted molar refractivity (Wildman–Crippen MR) is 175 cm³/mol. The molecule has 0 bridgehead atoms. The molecule has 0 aliphatic carbocycles. The van der Waals surface area contributed by atoms with E-state index in [0.29, 0.717) is 6.61 Å². The van der Waals surface area contributed by atoms with Crippen LogP contribution in [0.2, 0.25) is 0 Å². The molecular weight excluding hydrogens is 576 g/mol. The molecule has 0 fully saturated rings. The fourth-order valence-electron chi connectivity index (χ4n) is 3.71. The van der Waals surface area contributed by atoms with Gasteiger partial charge in [-0.1, -0.05) is 121 Å². The van der Waals surface area contributed by atoms with Crippen molar-refractivity contribution in [3.63, 3.8) is 0 Å². The molecule has 40 heavy (non-hydrogen) atoms. The summed E-state index contributed by atoms with van der Waals surface area (Å²) in [6.45, 7) is 2.92. The third kappa shape index (κ3) is 12.9. The molecule has 0 aliphatic heterocycles. The van der Waals surface area contributed by atoms with E-state index < -0.39 is 8.60 Å². The smallest absolute Gasteiger partial charge is 0.463 e. The van der Waals surface area contributed by atoms with E-state index in [-0.39, 0.29) is 0 Å². The summed E-state index contributed by atoms with van der Waals surface area (Å²) in [5.41, 5.74) is 1.20. The van der Waals surface area contributed by atoms with Crippen LogP contribution in [0.15, 0.2) is 91.0 Å². The molecule has 0 N–H and O–H groups in total. The van der Waals surface area contributed by atoms with Crippen molar-refractivity contribution < 1.29 is 18.3 Å². The van der Waals surface area contributed by atoms with Gasteiger partial charge in [-0.2, -0.15) is 0 Å². The molecule has 3 aromatic carbocycles. The standard InChI is InChI=1S/C22H31O3P.C10H8OS3/c1-2-3-4-5-6-7-8-15-20-23-26(24-21-16-11-9-12-17-21)25-22-18-13-10-14-19-22;1-11-8-4-2-7(3-5-8)9-6-10(12)14-13-9/h9-14,16-19H,2-8,15,20H2,1H3;2-6H,1H3. The van der Waals surface area contributed by atoms with Gasteiger partial charge in [0.05, 0.1) is 13.7 Å². The van der Waals surface area contributed by atoms with Gasteiger partial charge in [0.25, 0.3) is 0 Å². The van der Waals surface area contributed by atoms with Crippen molar-refractivity contribution in [3.8, 4) is 27.7 Å². The maximum Gasteiger partial charge on any atom is 0.463 e. The summed E-state index contributed by atoms with van der Waals surface area (Å²) in [7, 11) is 3.57. The molecule has 4 aromatic rings. The van der Waals surface area contributed by atoms with Crippen LogP contribution in [0.5, 0.6) is 17.2 Å². The SMILES string of the molecule is CCCCCCCCCCOP(Oc1ccccc1)Oc1ccccc1.COc1ccc(-c2cc(=S)ss2)cc1. The van der Waals surface area contributed by atoms with Crippen LogP contribution < -0.4 is 13.8 Å². The van der Waals surface area contributed by atoms with E-state index in [2.05, 4.69) is 6.92 Å². The van der Waals surface area contributed by atoms with Crippen molar-refractivity contribution in [3.05, 3.63) is 94.8 Å². The van der Waals surface area contributed by atoms with Gasteiger partial charge < -0.3 is 13.8 Å². The Balaban J connectivity index is 0.000000263. The lowest BCUT2D eigenvalue weighted by atomic mass is 10.1. The van der Waals surface area contributed by atoms with Gasteiger partial charge in [-0.05, 0) is 66.6 Å². The fraction of sp³-hybridized carbons (Fsp3) is 0.344. The Morgan fingerprint density at radius 2 is 1.20 bits per heavy atom. The molecule has 1 heterocycles. The van der Waals surface area contributed by atoms with E-state index in [1.807, 2.05) is 91.0 Å². The zero-order valence-corrected chi connectivity index (χ0v) is 26.7. The van der Waals surface area contributed by atoms with Gasteiger partial charge in [0.1, 0.15) is 21.1 Å². The molecule has 4 rings (SSSR count). The number of methoxy groups -OCH3 is 1. The van der Waals surface area contributed by atoms with Crippen molar-refractivity contribution >= 4 is 41.5 Å². The van der Waals surface area contributed by atoms with Gasteiger partial charge in [-0.15, -0.1) is 0 Å². The molecule has 0 saturated heterocycles. The van der Waals surface area contributed by atoms with Crippen molar-refractivity contribution in [2.45, 2.75) is 58.3 Å². The quantitative estimate of drug-likeness (QED) is 0.0543. The molecule has 8 heteroatoms. The normalized spacial score (nSPS) is 10.6. The fourth-order valence-corrected chi connectivity index (χ4v) is 7.12. The van der Waals surface area contributed by atoms with Crippen LogP contribution in [0.4, 0.5) is 0 Å². The summed E-state index contributed by atoms with van der Waals surface area (Å²) in [4.78, 5) is 1.22. The number of rotatable bonds is 16. The molecule has 4 nitrogen and oxygen atoms in total. The van der Waals surface area contributed by atoms with E-state index in [4.69, 9.17) is 30.5 Å². The van der Waals surface area contributed by atoms with Gasteiger partial charge in [-0.3, -0.25) is 4.52 Å². The minimum atomic E-state index is -1.45. The second-order valence-corrected chi connectivity index (χ2v) is 13.0. The number of hydrogen-bond donors (Lipinski definition) is 0. The van der Waals surface area contributed by atoms with Gasteiger partial charge in [0.2, 0.25) is 0 Å². The lowest BCUT2D eigenvalue weighted by Gasteiger charge is -2.17. The Labute approximate surface area is 253 Å². The molecule has 0 spiro atoms. The van der Waals surface area contributed by atoms with Crippen molar-refractivity contribution in [2.75, 3.05) is 13.7 Å². The summed E-state index contributed by atoms with van der Waals surface area (Å²) in [5.74, 6) is 2.42. The number of hydrogen-bond acceptors (Lipinski definition) is 7. The Hall–Kier alpha value is -2.28. The Bertz CT molecular complexity index is 1190. The molecule has 0 atom stereocenters. The minimum absolute atomic E-state index is 0.667. The molecule has 0 saturated carbocycles. The first kappa shape index (κ1) is 32.2. The number of para-hydroxylation sites is 2. The largest absolute Gasteiger partial charge is 0.497 e. The maximum absolute atomic E-state index is 5.92. The third-order valence-electron chi connectivity index (χ3n) is 5.88. The van der Waals surface area contributed by atoms with Gasteiger partial charge >= 0.3 is 8.60 Å². The van der Waals surface area contributed by atoms with Crippen LogP contribution in [-0.4, -0.2) is 13.7 Å². The van der Waals surface area contributed by atoms with Gasteiger partial charge in [0.15, 0.2) is 0 Å². The van der Waals surface area contributed by atoms with Crippen LogP contribution in [0.1, 0.15) is 58.3 Å². The first-order chi connectivity index (χ1) is 19.7. The van der Waals surface area contributed by atoms with Crippen molar-refractivity contribution in [1.82, 2.24) is 0 Å². The molecule has 0 radical (unpaired) electrons. The van der Waals surface area contributed by atoms with Crippen molar-refractivity contribution in [2.24, 2.45) is 0 Å². The highest BCUT2D eigenvalue weighted by molar-refractivity contribution is 7.80. The molecule has 0 amide bonds. The molecule has 214 valence electrons. The zero-order valence-electron chi connectivity index (χ0n) is 23.3. The van der Waals surface area contributed by atoms with Crippen molar-refractivity contribution in [1.29, 1.82) is 0 Å². The van der Waals surface area contributed by atoms with E-state index >= 15 is 0 Å². The van der Waals surface area contributed by atoms with Crippen LogP contribution in [0, 0.1) is 3.82 Å². The van der Waals surface area contributed by atoms with Gasteiger partial charge in [-0.25, -0.2) is 0 Å². The van der Waals surface area contributed by atoms with E-state index in [0.717, 1.165) is 27.5 Å². The number of unbranched alkanes of at least 4 members (excludes halogenated alkanes) is 7. The molecule has 0 unspecified atom stereocenters. The monoisotopic (exact) mass is 614 g/mol. The lowest BCUT2D eigenvalue weighted by molar-refractivity contribution is 0.258. The van der Waals surface area contributed by atoms with E-state index in [1.165, 1.54) is 55.4 Å². The second kappa shape index (κ2) is 19.7. The first-order valence-corrected chi connectivity index (χ1v) is 17.5. The summed E-state index contributed by atoms with van der Waals surface area (Å²) in [6, 6.07) is 29.5. The Kier molecular flexibility index (Phi) is 15.9. The molecule has 0 aliphatic rings. The van der Waals surface area contributed by atoms with Crippen LogP contribution in [-0.2, 0) is 4.52 Å². The minimum Gasteiger partial charge on any atom is -0.497 e. The third-order valence-corrected chi connectivity index (χ3v) is 9.90. The predicted octanol–water partition coefficient (Wildman–Crippen LogP) is 11.7. The van der Waals surface area contributed by atoms with Crippen LogP contribution >= 0.6 is 41.5 Å². The topological polar surface area (TPSA) is 36.9 Å². The van der Waals surface area contributed by atoms with E-state index in [9.17, 15) is 0 Å². The summed E-state index contributed by atoms with van der Waals surface area (Å²) >= 11 is 5.09. The average Bonchev–Trinajstić information content (AvgIpc) is 3.44. The lowest BCUT2D eigenvalue weighted by Crippen LogP contribution is -2.01. The zero-order chi connectivity index (χ0) is 28.3. The highest BCUT2D eigenvalue weighted by Gasteiger charge is 2.17. The van der Waals surface area contributed by atoms with Crippen LogP contribution in [0.3, 0.4) is 0 Å². The van der Waals surface area contributed by atoms with Gasteiger partial charge in [0, 0.05) is 4.88 Å². The highest BCUT2D eigenvalue weighted by atomic mass is 32.9. The average molecular weight is 615 g/mol. The Morgan fingerprint density at radius 1 is 0.650 bits per heavy atom. The number of benzene rings is 3. The first-order valence-electron chi connectivity index (χ1n) is 13.8. The van der Waals surface area contributed by atoms with Crippen LogP contribution in [0.25, 0.3) is 10.4 Å². The molecule has 1 aromatic heterocycles. The second-order valence-electron chi connectivity index (χ2n) is 9.06. The highest BCUT2D eigenvalue weighted by Crippen LogP contribution is 2.41. The Morgan fingerprint density at radius 3 is 1.70 bits per heavy atom. The molecular formula is C32H39O4PS3. The summed E-state index contributed by atoms with van der Waals surface area (Å²) in [6.07, 6.45) is 10.2.